The second-order valence-electron chi connectivity index (χ2n) is 4.49. The number of rotatable bonds is 3. The van der Waals surface area contributed by atoms with Gasteiger partial charge in [-0.3, -0.25) is 0 Å². The number of methoxy groups -OCH3 is 1. The molecule has 0 heterocycles. The van der Waals surface area contributed by atoms with Gasteiger partial charge < -0.3 is 10.1 Å². The van der Waals surface area contributed by atoms with Crippen molar-refractivity contribution in [2.45, 2.75) is 38.8 Å². The number of anilines is 1. The van der Waals surface area contributed by atoms with Crippen molar-refractivity contribution in [3.8, 4) is 0 Å². The summed E-state index contributed by atoms with van der Waals surface area (Å²) in [6, 6.07) is 7.13. The molecule has 1 N–H and O–H groups in total. The topological polar surface area (TPSA) is 21.3 Å². The summed E-state index contributed by atoms with van der Waals surface area (Å²) in [5, 5.41) is 3.57. The van der Waals surface area contributed by atoms with Crippen molar-refractivity contribution >= 4 is 5.69 Å². The second-order valence-corrected chi connectivity index (χ2v) is 4.49. The zero-order valence-corrected chi connectivity index (χ0v) is 9.71. The summed E-state index contributed by atoms with van der Waals surface area (Å²) in [4.78, 5) is 0. The Morgan fingerprint density at radius 1 is 1.27 bits per heavy atom. The minimum atomic E-state index is 0.465. The fourth-order valence-electron chi connectivity index (χ4n) is 1.99. The molecule has 1 aliphatic carbocycles. The summed E-state index contributed by atoms with van der Waals surface area (Å²) in [6.45, 7) is 4.28. The van der Waals surface area contributed by atoms with Crippen LogP contribution >= 0.6 is 0 Å². The normalized spacial score (nSPS) is 24.7. The van der Waals surface area contributed by atoms with Gasteiger partial charge in [-0.05, 0) is 43.9 Å². The van der Waals surface area contributed by atoms with E-state index in [9.17, 15) is 0 Å². The number of hydrogen-bond acceptors (Lipinski definition) is 2. The molecule has 15 heavy (non-hydrogen) atoms. The Kier molecular flexibility index (Phi) is 2.96. The average Bonchev–Trinajstić information content (AvgIpc) is 2.16. The van der Waals surface area contributed by atoms with Crippen LogP contribution in [-0.4, -0.2) is 19.3 Å². The summed E-state index contributed by atoms with van der Waals surface area (Å²) in [6.07, 6.45) is 2.72. The fourth-order valence-corrected chi connectivity index (χ4v) is 1.99. The van der Waals surface area contributed by atoms with Gasteiger partial charge >= 0.3 is 0 Å². The van der Waals surface area contributed by atoms with E-state index < -0.39 is 0 Å². The first-order chi connectivity index (χ1) is 7.19. The van der Waals surface area contributed by atoms with Gasteiger partial charge in [-0.1, -0.05) is 12.1 Å². The summed E-state index contributed by atoms with van der Waals surface area (Å²) in [5.74, 6) is 0. The van der Waals surface area contributed by atoms with Crippen molar-refractivity contribution in [1.82, 2.24) is 0 Å². The van der Waals surface area contributed by atoms with Crippen molar-refractivity contribution in [3.05, 3.63) is 29.3 Å². The lowest BCUT2D eigenvalue weighted by molar-refractivity contribution is 0.0328. The van der Waals surface area contributed by atoms with Gasteiger partial charge in [0.15, 0.2) is 0 Å². The molecule has 0 atom stereocenters. The number of benzene rings is 1. The maximum Gasteiger partial charge on any atom is 0.0610 e. The van der Waals surface area contributed by atoms with Crippen molar-refractivity contribution in [2.24, 2.45) is 0 Å². The van der Waals surface area contributed by atoms with Crippen LogP contribution in [0.15, 0.2) is 18.2 Å². The fraction of sp³-hybridized carbons (Fsp3) is 0.538. The van der Waals surface area contributed by atoms with Gasteiger partial charge in [-0.15, -0.1) is 0 Å². The molecule has 0 radical (unpaired) electrons. The molecule has 1 saturated carbocycles. The third-order valence-electron chi connectivity index (χ3n) is 3.18. The first kappa shape index (κ1) is 10.5. The smallest absolute Gasteiger partial charge is 0.0610 e. The zero-order chi connectivity index (χ0) is 10.8. The largest absolute Gasteiger partial charge is 0.382 e. The van der Waals surface area contributed by atoms with Crippen molar-refractivity contribution in [3.63, 3.8) is 0 Å². The predicted molar refractivity (Wildman–Crippen MR) is 63.4 cm³/mol. The van der Waals surface area contributed by atoms with Crippen molar-refractivity contribution in [1.29, 1.82) is 0 Å². The van der Waals surface area contributed by atoms with Crippen LogP contribution in [-0.2, 0) is 4.74 Å². The first-order valence-electron chi connectivity index (χ1n) is 5.55. The molecule has 2 heteroatoms. The van der Waals surface area contributed by atoms with Crippen LogP contribution in [0, 0.1) is 13.8 Å². The molecule has 0 aromatic heterocycles. The minimum Gasteiger partial charge on any atom is -0.382 e. The summed E-state index contributed by atoms with van der Waals surface area (Å²) in [5.41, 5.74) is 3.90. The number of ether oxygens (including phenoxy) is 1. The zero-order valence-electron chi connectivity index (χ0n) is 9.71. The van der Waals surface area contributed by atoms with E-state index in [1.165, 1.54) is 16.8 Å². The number of nitrogens with one attached hydrogen (secondary N) is 1. The quantitative estimate of drug-likeness (QED) is 0.819. The third kappa shape index (κ3) is 2.32. The van der Waals surface area contributed by atoms with E-state index in [-0.39, 0.29) is 0 Å². The van der Waals surface area contributed by atoms with E-state index in [1.54, 1.807) is 7.11 Å². The molecular weight excluding hydrogens is 186 g/mol. The highest BCUT2D eigenvalue weighted by molar-refractivity contribution is 5.53. The van der Waals surface area contributed by atoms with Crippen LogP contribution in [0.4, 0.5) is 5.69 Å². The minimum absolute atomic E-state index is 0.465. The molecule has 0 unspecified atom stereocenters. The Hall–Kier alpha value is -1.02. The Balaban J connectivity index is 1.97. The molecule has 0 amide bonds. The van der Waals surface area contributed by atoms with E-state index >= 15 is 0 Å². The molecule has 2 nitrogen and oxygen atoms in total. The number of aryl methyl sites for hydroxylation is 2. The second kappa shape index (κ2) is 4.23. The molecule has 0 aliphatic heterocycles. The molecular formula is C13H19NO. The van der Waals surface area contributed by atoms with Crippen LogP contribution < -0.4 is 5.32 Å². The molecule has 1 fully saturated rings. The molecule has 0 saturated heterocycles. The Morgan fingerprint density at radius 3 is 2.67 bits per heavy atom. The highest BCUT2D eigenvalue weighted by atomic mass is 16.5. The van der Waals surface area contributed by atoms with Crippen LogP contribution in [0.2, 0.25) is 0 Å². The van der Waals surface area contributed by atoms with Gasteiger partial charge in [0.25, 0.3) is 0 Å². The summed E-state index contributed by atoms with van der Waals surface area (Å²) < 4.78 is 5.27. The van der Waals surface area contributed by atoms with E-state index in [2.05, 4.69) is 37.4 Å². The van der Waals surface area contributed by atoms with Crippen LogP contribution in [0.3, 0.4) is 0 Å². The average molecular weight is 205 g/mol. The third-order valence-corrected chi connectivity index (χ3v) is 3.18. The number of hydrogen-bond donors (Lipinski definition) is 1. The molecule has 1 aromatic carbocycles. The van der Waals surface area contributed by atoms with E-state index in [0.717, 1.165) is 12.8 Å². The lowest BCUT2D eigenvalue weighted by atomic mass is 9.89. The Labute approximate surface area is 91.6 Å². The van der Waals surface area contributed by atoms with Gasteiger partial charge in [0.2, 0.25) is 0 Å². The standard InChI is InChI=1S/C13H19NO/c1-9-4-5-10(2)13(6-9)14-11-7-12(8-11)15-3/h4-6,11-12,14H,7-8H2,1-3H3. The van der Waals surface area contributed by atoms with E-state index in [1.807, 2.05) is 0 Å². The van der Waals surface area contributed by atoms with E-state index in [0.29, 0.717) is 12.1 Å². The van der Waals surface area contributed by atoms with Gasteiger partial charge in [-0.2, -0.15) is 0 Å². The molecule has 0 bridgehead atoms. The van der Waals surface area contributed by atoms with Gasteiger partial charge in [0, 0.05) is 18.8 Å². The van der Waals surface area contributed by atoms with Crippen LogP contribution in [0.5, 0.6) is 0 Å². The highest BCUT2D eigenvalue weighted by Gasteiger charge is 2.28. The van der Waals surface area contributed by atoms with Crippen LogP contribution in [0.25, 0.3) is 0 Å². The molecule has 1 aliphatic rings. The highest BCUT2D eigenvalue weighted by Crippen LogP contribution is 2.27. The maximum atomic E-state index is 5.27. The first-order valence-corrected chi connectivity index (χ1v) is 5.55. The van der Waals surface area contributed by atoms with Crippen molar-refractivity contribution in [2.75, 3.05) is 12.4 Å². The van der Waals surface area contributed by atoms with E-state index in [4.69, 9.17) is 4.74 Å². The summed E-state index contributed by atoms with van der Waals surface area (Å²) >= 11 is 0. The molecule has 1 aromatic rings. The monoisotopic (exact) mass is 205 g/mol. The molecule has 82 valence electrons. The summed E-state index contributed by atoms with van der Waals surface area (Å²) in [7, 11) is 1.79. The Morgan fingerprint density at radius 2 is 2.00 bits per heavy atom. The molecule has 0 spiro atoms. The Bertz CT molecular complexity index is 342. The predicted octanol–water partition coefficient (Wildman–Crippen LogP) is 2.89. The maximum absolute atomic E-state index is 5.27. The van der Waals surface area contributed by atoms with Crippen molar-refractivity contribution < 1.29 is 4.74 Å². The van der Waals surface area contributed by atoms with Gasteiger partial charge in [0.05, 0.1) is 6.10 Å². The van der Waals surface area contributed by atoms with Gasteiger partial charge in [0.1, 0.15) is 0 Å². The lowest BCUT2D eigenvalue weighted by Crippen LogP contribution is -2.40. The van der Waals surface area contributed by atoms with Crippen LogP contribution in [0.1, 0.15) is 24.0 Å². The SMILES string of the molecule is COC1CC(Nc2cc(C)ccc2C)C1. The lowest BCUT2D eigenvalue weighted by Gasteiger charge is -2.35. The molecule has 2 rings (SSSR count). The van der Waals surface area contributed by atoms with Gasteiger partial charge in [-0.25, -0.2) is 0 Å².